The zero-order valence-electron chi connectivity index (χ0n) is 14.9. The van der Waals surface area contributed by atoms with Crippen molar-refractivity contribution in [2.45, 2.75) is 33.2 Å². The van der Waals surface area contributed by atoms with E-state index in [2.05, 4.69) is 63.8 Å². The minimum atomic E-state index is 0. The Morgan fingerprint density at radius 2 is 1.92 bits per heavy atom. The number of thiazole rings is 1. The van der Waals surface area contributed by atoms with Crippen LogP contribution in [0.2, 0.25) is 0 Å². The standard InChI is InChI=1S/C18H26N4S.HI/c1-5-15-6-8-16(9-7-15)12-22(4)18(19-3)20-11-10-17-13-23-14(2)21-17;/h6-9,13H,5,10-12H2,1-4H3,(H,19,20);1H. The highest BCUT2D eigenvalue weighted by atomic mass is 127. The molecule has 0 bridgehead atoms. The SMILES string of the molecule is CCc1ccc(CN(C)C(=NC)NCCc2csc(C)n2)cc1.I. The molecule has 0 radical (unpaired) electrons. The van der Waals surface area contributed by atoms with Crippen molar-refractivity contribution in [3.8, 4) is 0 Å². The molecule has 0 aliphatic rings. The lowest BCUT2D eigenvalue weighted by molar-refractivity contribution is 0.477. The summed E-state index contributed by atoms with van der Waals surface area (Å²) in [5.41, 5.74) is 3.81. The highest BCUT2D eigenvalue weighted by Crippen LogP contribution is 2.09. The Kier molecular flexibility index (Phi) is 9.28. The molecule has 0 aliphatic heterocycles. The molecule has 0 saturated heterocycles. The van der Waals surface area contributed by atoms with Crippen LogP contribution in [0.3, 0.4) is 0 Å². The maximum atomic E-state index is 4.49. The number of nitrogens with zero attached hydrogens (tertiary/aromatic N) is 3. The minimum absolute atomic E-state index is 0. The van der Waals surface area contributed by atoms with Gasteiger partial charge in [0.2, 0.25) is 0 Å². The Balaban J connectivity index is 0.00000288. The number of aliphatic imine (C=N–C) groups is 1. The van der Waals surface area contributed by atoms with E-state index in [9.17, 15) is 0 Å². The third kappa shape index (κ3) is 6.39. The molecule has 0 fully saturated rings. The zero-order chi connectivity index (χ0) is 16.7. The molecule has 0 aliphatic carbocycles. The van der Waals surface area contributed by atoms with Crippen LogP contribution in [0.4, 0.5) is 0 Å². The Bertz CT molecular complexity index is 637. The minimum Gasteiger partial charge on any atom is -0.356 e. The van der Waals surface area contributed by atoms with Gasteiger partial charge in [-0.05, 0) is 24.5 Å². The molecule has 2 rings (SSSR count). The molecule has 132 valence electrons. The van der Waals surface area contributed by atoms with Gasteiger partial charge in [-0.3, -0.25) is 4.99 Å². The van der Waals surface area contributed by atoms with Crippen molar-refractivity contribution in [1.82, 2.24) is 15.2 Å². The number of hydrogen-bond acceptors (Lipinski definition) is 3. The molecule has 1 aromatic heterocycles. The van der Waals surface area contributed by atoms with Crippen molar-refractivity contribution in [3.05, 3.63) is 51.5 Å². The van der Waals surface area contributed by atoms with Crippen LogP contribution in [-0.2, 0) is 19.4 Å². The fraction of sp³-hybridized carbons (Fsp3) is 0.444. The fourth-order valence-electron chi connectivity index (χ4n) is 2.44. The molecule has 1 aromatic carbocycles. The van der Waals surface area contributed by atoms with Gasteiger partial charge in [0.05, 0.1) is 10.7 Å². The van der Waals surface area contributed by atoms with Crippen LogP contribution >= 0.6 is 35.3 Å². The van der Waals surface area contributed by atoms with Gasteiger partial charge in [-0.1, -0.05) is 31.2 Å². The summed E-state index contributed by atoms with van der Waals surface area (Å²) < 4.78 is 0. The van der Waals surface area contributed by atoms with E-state index < -0.39 is 0 Å². The van der Waals surface area contributed by atoms with Gasteiger partial charge in [0.25, 0.3) is 0 Å². The highest BCUT2D eigenvalue weighted by Gasteiger charge is 2.07. The van der Waals surface area contributed by atoms with Crippen LogP contribution in [0.5, 0.6) is 0 Å². The lowest BCUT2D eigenvalue weighted by Crippen LogP contribution is -2.39. The second kappa shape index (κ2) is 10.7. The number of aromatic nitrogens is 1. The average molecular weight is 458 g/mol. The monoisotopic (exact) mass is 458 g/mol. The van der Waals surface area contributed by atoms with Gasteiger partial charge in [-0.2, -0.15) is 0 Å². The van der Waals surface area contributed by atoms with E-state index in [1.54, 1.807) is 11.3 Å². The molecule has 24 heavy (non-hydrogen) atoms. The van der Waals surface area contributed by atoms with Crippen LogP contribution < -0.4 is 5.32 Å². The Morgan fingerprint density at radius 3 is 2.46 bits per heavy atom. The molecule has 0 spiro atoms. The van der Waals surface area contributed by atoms with Crippen molar-refractivity contribution in [1.29, 1.82) is 0 Å². The van der Waals surface area contributed by atoms with Gasteiger partial charge in [-0.25, -0.2) is 4.98 Å². The lowest BCUT2D eigenvalue weighted by atomic mass is 10.1. The van der Waals surface area contributed by atoms with Gasteiger partial charge < -0.3 is 10.2 Å². The third-order valence-corrected chi connectivity index (χ3v) is 4.58. The highest BCUT2D eigenvalue weighted by molar-refractivity contribution is 14.0. The predicted octanol–water partition coefficient (Wildman–Crippen LogP) is 3.88. The molecular formula is C18H27IN4S. The molecule has 1 heterocycles. The molecule has 4 nitrogen and oxygen atoms in total. The zero-order valence-corrected chi connectivity index (χ0v) is 18.0. The number of guanidine groups is 1. The maximum absolute atomic E-state index is 4.49. The van der Waals surface area contributed by atoms with Crippen molar-refractivity contribution in [2.24, 2.45) is 4.99 Å². The van der Waals surface area contributed by atoms with E-state index in [0.717, 1.165) is 42.6 Å². The summed E-state index contributed by atoms with van der Waals surface area (Å²) in [7, 11) is 3.89. The van der Waals surface area contributed by atoms with Gasteiger partial charge in [-0.15, -0.1) is 35.3 Å². The molecule has 0 saturated carbocycles. The first-order chi connectivity index (χ1) is 11.1. The topological polar surface area (TPSA) is 40.5 Å². The molecule has 0 unspecified atom stereocenters. The average Bonchev–Trinajstić information content (AvgIpc) is 2.97. The molecular weight excluding hydrogens is 431 g/mol. The van der Waals surface area contributed by atoms with E-state index in [-0.39, 0.29) is 24.0 Å². The van der Waals surface area contributed by atoms with Gasteiger partial charge >= 0.3 is 0 Å². The van der Waals surface area contributed by atoms with Crippen molar-refractivity contribution in [3.63, 3.8) is 0 Å². The second-order valence-electron chi connectivity index (χ2n) is 5.61. The van der Waals surface area contributed by atoms with Crippen LogP contribution in [0.25, 0.3) is 0 Å². The fourth-order valence-corrected chi connectivity index (χ4v) is 3.09. The molecule has 1 N–H and O–H groups in total. The number of nitrogens with one attached hydrogen (secondary N) is 1. The quantitative estimate of drug-likeness (QED) is 0.406. The molecule has 6 heteroatoms. The number of halogens is 1. The van der Waals surface area contributed by atoms with Crippen molar-refractivity contribution in [2.75, 3.05) is 20.6 Å². The lowest BCUT2D eigenvalue weighted by Gasteiger charge is -2.22. The molecule has 2 aromatic rings. The first-order valence-corrected chi connectivity index (χ1v) is 8.91. The summed E-state index contributed by atoms with van der Waals surface area (Å²) in [6.45, 7) is 5.91. The van der Waals surface area contributed by atoms with E-state index in [1.807, 2.05) is 14.0 Å². The van der Waals surface area contributed by atoms with E-state index in [4.69, 9.17) is 0 Å². The Hall–Kier alpha value is -1.15. The first kappa shape index (κ1) is 20.9. The van der Waals surface area contributed by atoms with Crippen LogP contribution in [-0.4, -0.2) is 36.5 Å². The number of hydrogen-bond donors (Lipinski definition) is 1. The van der Waals surface area contributed by atoms with Gasteiger partial charge in [0, 0.05) is 39.0 Å². The van der Waals surface area contributed by atoms with Crippen LogP contribution in [0.1, 0.15) is 28.8 Å². The summed E-state index contributed by atoms with van der Waals surface area (Å²) in [6, 6.07) is 8.79. The summed E-state index contributed by atoms with van der Waals surface area (Å²) in [4.78, 5) is 11.0. The van der Waals surface area contributed by atoms with Crippen molar-refractivity contribution >= 4 is 41.3 Å². The van der Waals surface area contributed by atoms with Crippen LogP contribution in [0.15, 0.2) is 34.6 Å². The van der Waals surface area contributed by atoms with Crippen molar-refractivity contribution < 1.29 is 0 Å². The van der Waals surface area contributed by atoms with Crippen LogP contribution in [0, 0.1) is 6.92 Å². The largest absolute Gasteiger partial charge is 0.356 e. The van der Waals surface area contributed by atoms with E-state index >= 15 is 0 Å². The van der Waals surface area contributed by atoms with Gasteiger partial charge in [0.15, 0.2) is 5.96 Å². The number of aryl methyl sites for hydroxylation is 2. The van der Waals surface area contributed by atoms with E-state index in [0.29, 0.717) is 0 Å². The summed E-state index contributed by atoms with van der Waals surface area (Å²) in [5, 5.41) is 6.66. The third-order valence-electron chi connectivity index (χ3n) is 3.76. The Labute approximate surface area is 166 Å². The normalized spacial score (nSPS) is 11.1. The molecule has 0 amide bonds. The Morgan fingerprint density at radius 1 is 1.25 bits per heavy atom. The second-order valence-corrected chi connectivity index (χ2v) is 6.67. The van der Waals surface area contributed by atoms with E-state index in [1.165, 1.54) is 11.1 Å². The summed E-state index contributed by atoms with van der Waals surface area (Å²) in [5.74, 6) is 0.913. The van der Waals surface area contributed by atoms with Gasteiger partial charge in [0.1, 0.15) is 0 Å². The number of benzene rings is 1. The summed E-state index contributed by atoms with van der Waals surface area (Å²) >= 11 is 1.70. The number of rotatable bonds is 6. The molecule has 0 atom stereocenters. The smallest absolute Gasteiger partial charge is 0.193 e. The predicted molar refractivity (Wildman–Crippen MR) is 115 cm³/mol. The summed E-state index contributed by atoms with van der Waals surface area (Å²) in [6.07, 6.45) is 2.00. The first-order valence-electron chi connectivity index (χ1n) is 8.03. The maximum Gasteiger partial charge on any atom is 0.193 e.